The molecule has 1 atom stereocenters. The Morgan fingerprint density at radius 2 is 2.14 bits per heavy atom. The van der Waals surface area contributed by atoms with Crippen LogP contribution in [-0.2, 0) is 17.6 Å². The standard InChI is InChI=1S/C14H19N3O3S/c1-14(11(18)19)6-7-17(8-14)13(20)16-12-15-9-4-2-3-5-10(9)21-12/h2-8H2,1H3,(H,18,19)(H,15,16,20). The van der Waals surface area contributed by atoms with Crippen molar-refractivity contribution in [1.82, 2.24) is 9.88 Å². The van der Waals surface area contributed by atoms with E-state index in [0.717, 1.165) is 25.0 Å². The number of thiazole rings is 1. The molecule has 7 heteroatoms. The number of likely N-dealkylation sites (tertiary alicyclic amines) is 1. The van der Waals surface area contributed by atoms with Crippen LogP contribution >= 0.6 is 11.3 Å². The van der Waals surface area contributed by atoms with Gasteiger partial charge >= 0.3 is 12.0 Å². The number of carboxylic acids is 1. The Morgan fingerprint density at radius 1 is 1.38 bits per heavy atom. The quantitative estimate of drug-likeness (QED) is 0.878. The van der Waals surface area contributed by atoms with E-state index in [1.165, 1.54) is 11.3 Å². The number of aromatic nitrogens is 1. The molecule has 2 aliphatic rings. The number of nitrogens with zero attached hydrogens (tertiary/aromatic N) is 2. The topological polar surface area (TPSA) is 82.5 Å². The number of fused-ring (bicyclic) bond motifs is 1. The van der Waals surface area contributed by atoms with Crippen molar-refractivity contribution in [3.63, 3.8) is 0 Å². The summed E-state index contributed by atoms with van der Waals surface area (Å²) in [4.78, 5) is 30.8. The van der Waals surface area contributed by atoms with Crippen LogP contribution in [0.2, 0.25) is 0 Å². The summed E-state index contributed by atoms with van der Waals surface area (Å²) in [6.07, 6.45) is 4.87. The maximum Gasteiger partial charge on any atom is 0.323 e. The molecule has 0 saturated carbocycles. The van der Waals surface area contributed by atoms with E-state index in [-0.39, 0.29) is 12.6 Å². The fourth-order valence-electron chi connectivity index (χ4n) is 2.88. The van der Waals surface area contributed by atoms with Gasteiger partial charge in [-0.3, -0.25) is 10.1 Å². The molecule has 0 spiro atoms. The van der Waals surface area contributed by atoms with E-state index in [4.69, 9.17) is 0 Å². The van der Waals surface area contributed by atoms with E-state index in [1.54, 1.807) is 23.2 Å². The van der Waals surface area contributed by atoms with Crippen LogP contribution in [0.25, 0.3) is 0 Å². The van der Waals surface area contributed by atoms with Gasteiger partial charge in [0, 0.05) is 18.0 Å². The lowest BCUT2D eigenvalue weighted by Crippen LogP contribution is -2.37. The highest BCUT2D eigenvalue weighted by molar-refractivity contribution is 7.15. The number of anilines is 1. The van der Waals surface area contributed by atoms with Crippen LogP contribution in [0.15, 0.2) is 0 Å². The van der Waals surface area contributed by atoms with E-state index in [9.17, 15) is 14.7 Å². The second-order valence-electron chi connectivity index (χ2n) is 6.06. The van der Waals surface area contributed by atoms with Crippen molar-refractivity contribution in [3.8, 4) is 0 Å². The summed E-state index contributed by atoms with van der Waals surface area (Å²) in [7, 11) is 0. The molecule has 1 fully saturated rings. The highest BCUT2D eigenvalue weighted by Gasteiger charge is 2.42. The SMILES string of the molecule is CC1(C(=O)O)CCN(C(=O)Nc2nc3c(s2)CCCC3)C1. The molecule has 0 radical (unpaired) electrons. The zero-order valence-corrected chi connectivity index (χ0v) is 12.8. The summed E-state index contributed by atoms with van der Waals surface area (Å²) < 4.78 is 0. The first-order valence-electron chi connectivity index (χ1n) is 7.26. The van der Waals surface area contributed by atoms with Gasteiger partial charge < -0.3 is 10.0 Å². The van der Waals surface area contributed by atoms with Crippen LogP contribution in [0.3, 0.4) is 0 Å². The van der Waals surface area contributed by atoms with Crippen LogP contribution in [0.4, 0.5) is 9.93 Å². The summed E-state index contributed by atoms with van der Waals surface area (Å²) in [6.45, 7) is 2.41. The first-order chi connectivity index (χ1) is 9.98. The number of rotatable bonds is 2. The van der Waals surface area contributed by atoms with Crippen molar-refractivity contribution in [2.45, 2.75) is 39.0 Å². The smallest absolute Gasteiger partial charge is 0.323 e. The number of aryl methyl sites for hydroxylation is 2. The normalized spacial score (nSPS) is 24.7. The van der Waals surface area contributed by atoms with Crippen molar-refractivity contribution in [2.75, 3.05) is 18.4 Å². The van der Waals surface area contributed by atoms with E-state index >= 15 is 0 Å². The number of aliphatic carboxylic acids is 1. The van der Waals surface area contributed by atoms with Crippen molar-refractivity contribution >= 4 is 28.5 Å². The first-order valence-corrected chi connectivity index (χ1v) is 8.07. The van der Waals surface area contributed by atoms with Gasteiger partial charge in [-0.05, 0) is 39.0 Å². The van der Waals surface area contributed by atoms with Gasteiger partial charge in [-0.1, -0.05) is 0 Å². The second kappa shape index (κ2) is 5.29. The molecule has 1 aliphatic carbocycles. The van der Waals surface area contributed by atoms with Crippen LogP contribution in [-0.4, -0.2) is 40.1 Å². The number of nitrogens with one attached hydrogen (secondary N) is 1. The van der Waals surface area contributed by atoms with Gasteiger partial charge in [-0.15, -0.1) is 11.3 Å². The molecule has 0 aromatic carbocycles. The molecule has 114 valence electrons. The van der Waals surface area contributed by atoms with E-state index < -0.39 is 11.4 Å². The number of urea groups is 1. The number of carboxylic acid groups (broad SMARTS) is 1. The Hall–Kier alpha value is -1.63. The minimum absolute atomic E-state index is 0.244. The third-order valence-electron chi connectivity index (χ3n) is 4.34. The molecule has 3 rings (SSSR count). The lowest BCUT2D eigenvalue weighted by molar-refractivity contribution is -0.146. The minimum Gasteiger partial charge on any atom is -0.481 e. The summed E-state index contributed by atoms with van der Waals surface area (Å²) in [5.41, 5.74) is 0.276. The number of carbonyl (C=O) groups excluding carboxylic acids is 1. The lowest BCUT2D eigenvalue weighted by atomic mass is 9.90. The summed E-state index contributed by atoms with van der Waals surface area (Å²) in [5, 5.41) is 12.7. The number of carbonyl (C=O) groups is 2. The minimum atomic E-state index is -0.845. The predicted octanol–water partition coefficient (Wildman–Crippen LogP) is 2.35. The summed E-state index contributed by atoms with van der Waals surface area (Å²) in [6, 6.07) is -0.244. The Morgan fingerprint density at radius 3 is 2.81 bits per heavy atom. The zero-order chi connectivity index (χ0) is 15.0. The predicted molar refractivity (Wildman–Crippen MR) is 79.7 cm³/mol. The average molecular weight is 309 g/mol. The van der Waals surface area contributed by atoms with Gasteiger partial charge in [0.1, 0.15) is 0 Å². The Labute approximate surface area is 127 Å². The molecule has 0 bridgehead atoms. The number of amides is 2. The largest absolute Gasteiger partial charge is 0.481 e. The molecule has 2 N–H and O–H groups in total. The monoisotopic (exact) mass is 309 g/mol. The van der Waals surface area contributed by atoms with Crippen molar-refractivity contribution in [2.24, 2.45) is 5.41 Å². The molecule has 2 amide bonds. The van der Waals surface area contributed by atoms with E-state index in [0.29, 0.717) is 18.1 Å². The molecule has 1 aromatic rings. The molecular weight excluding hydrogens is 290 g/mol. The highest BCUT2D eigenvalue weighted by atomic mass is 32.1. The van der Waals surface area contributed by atoms with Crippen LogP contribution in [0.1, 0.15) is 36.8 Å². The van der Waals surface area contributed by atoms with Gasteiger partial charge in [0.25, 0.3) is 0 Å². The van der Waals surface area contributed by atoms with Crippen molar-refractivity contribution in [1.29, 1.82) is 0 Å². The maximum absolute atomic E-state index is 12.2. The zero-order valence-electron chi connectivity index (χ0n) is 12.0. The molecule has 1 unspecified atom stereocenters. The fraction of sp³-hybridized carbons (Fsp3) is 0.643. The molecule has 1 aliphatic heterocycles. The molecule has 1 saturated heterocycles. The van der Waals surface area contributed by atoms with Crippen molar-refractivity contribution < 1.29 is 14.7 Å². The maximum atomic E-state index is 12.2. The van der Waals surface area contributed by atoms with Crippen LogP contribution < -0.4 is 5.32 Å². The average Bonchev–Trinajstić information content (AvgIpc) is 3.02. The van der Waals surface area contributed by atoms with Gasteiger partial charge in [0.15, 0.2) is 5.13 Å². The van der Waals surface area contributed by atoms with E-state index in [1.807, 2.05) is 0 Å². The fourth-order valence-corrected chi connectivity index (χ4v) is 3.92. The molecular formula is C14H19N3O3S. The third-order valence-corrected chi connectivity index (χ3v) is 5.41. The molecule has 6 nitrogen and oxygen atoms in total. The van der Waals surface area contributed by atoms with Gasteiger partial charge in [-0.25, -0.2) is 9.78 Å². The summed E-state index contributed by atoms with van der Waals surface area (Å²) in [5.74, 6) is -0.845. The van der Waals surface area contributed by atoms with Crippen LogP contribution in [0, 0.1) is 5.41 Å². The second-order valence-corrected chi connectivity index (χ2v) is 7.15. The van der Waals surface area contributed by atoms with E-state index in [2.05, 4.69) is 10.3 Å². The van der Waals surface area contributed by atoms with Gasteiger partial charge in [-0.2, -0.15) is 0 Å². The lowest BCUT2D eigenvalue weighted by Gasteiger charge is -2.19. The molecule has 1 aromatic heterocycles. The Kier molecular flexibility index (Phi) is 3.61. The number of hydrogen-bond donors (Lipinski definition) is 2. The van der Waals surface area contributed by atoms with Crippen molar-refractivity contribution in [3.05, 3.63) is 10.6 Å². The van der Waals surface area contributed by atoms with Gasteiger partial charge in [0.05, 0.1) is 11.1 Å². The first kappa shape index (κ1) is 14.3. The third kappa shape index (κ3) is 2.74. The highest BCUT2D eigenvalue weighted by Crippen LogP contribution is 2.32. The van der Waals surface area contributed by atoms with Gasteiger partial charge in [0.2, 0.25) is 0 Å². The molecule has 21 heavy (non-hydrogen) atoms. The summed E-state index contributed by atoms with van der Waals surface area (Å²) >= 11 is 1.54. The molecule has 2 heterocycles. The van der Waals surface area contributed by atoms with Crippen LogP contribution in [0.5, 0.6) is 0 Å². The Balaban J connectivity index is 1.64. The Bertz CT molecular complexity index is 563. The number of hydrogen-bond acceptors (Lipinski definition) is 4.